The van der Waals surface area contributed by atoms with E-state index in [-0.39, 0.29) is 20.1 Å². The third-order valence-corrected chi connectivity index (χ3v) is 12.3. The molecule has 0 bridgehead atoms. The van der Waals surface area contributed by atoms with Gasteiger partial charge >= 0.3 is 0 Å². The van der Waals surface area contributed by atoms with Gasteiger partial charge in [-0.1, -0.05) is 104 Å². The van der Waals surface area contributed by atoms with E-state index in [0.717, 1.165) is 28.2 Å². The number of hydrogen-bond acceptors (Lipinski definition) is 2. The van der Waals surface area contributed by atoms with E-state index in [1.807, 2.05) is 79.9 Å². The smallest absolute Gasteiger partial charge is 0.113 e. The molecule has 0 spiro atoms. The van der Waals surface area contributed by atoms with E-state index >= 15 is 0 Å². The molecule has 47 heavy (non-hydrogen) atoms. The van der Waals surface area contributed by atoms with Gasteiger partial charge in [-0.2, -0.15) is 0 Å². The van der Waals surface area contributed by atoms with E-state index < -0.39 is 8.07 Å². The molecule has 2 aromatic heterocycles. The van der Waals surface area contributed by atoms with Crippen LogP contribution in [0, 0.1) is 19.1 Å². The molecule has 0 saturated carbocycles. The molecule has 3 heterocycles. The van der Waals surface area contributed by atoms with Crippen molar-refractivity contribution >= 4 is 18.4 Å². The van der Waals surface area contributed by atoms with Gasteiger partial charge < -0.3 is 9.97 Å². The molecule has 0 atom stereocenters. The summed E-state index contributed by atoms with van der Waals surface area (Å²) in [5.74, 6) is 0. The monoisotopic (exact) mass is 799 g/mol. The fraction of sp³-hybridized carbons (Fsp3) is 0.0698. The normalized spacial score (nSPS) is 12.1. The molecule has 0 fully saturated rings. The molecule has 1 aliphatic heterocycles. The number of rotatable bonds is 4. The Hall–Kier alpha value is -4.73. The third kappa shape index (κ3) is 6.73. The number of fused-ring (bicyclic) bond motifs is 3. The second kappa shape index (κ2) is 13.9. The average molecular weight is 799 g/mol. The average Bonchev–Trinajstić information content (AvgIpc) is 3.35. The van der Waals surface area contributed by atoms with E-state index in [2.05, 4.69) is 114 Å². The van der Waals surface area contributed by atoms with Crippen LogP contribution in [0.25, 0.3) is 55.9 Å². The second-order valence-electron chi connectivity index (χ2n) is 12.2. The first-order valence-electron chi connectivity index (χ1n) is 15.7. The number of aromatic nitrogens is 2. The molecule has 5 aromatic carbocycles. The Kier molecular flexibility index (Phi) is 9.56. The van der Waals surface area contributed by atoms with Crippen LogP contribution in [0.15, 0.2) is 152 Å². The quantitative estimate of drug-likeness (QED) is 0.131. The van der Waals surface area contributed by atoms with E-state index in [0.29, 0.717) is 0 Å². The molecule has 2 nitrogen and oxygen atoms in total. The van der Waals surface area contributed by atoms with Gasteiger partial charge in [0.25, 0.3) is 0 Å². The Labute approximate surface area is 292 Å². The van der Waals surface area contributed by atoms with Crippen LogP contribution < -0.4 is 10.4 Å². The summed E-state index contributed by atoms with van der Waals surface area (Å²) in [5.41, 5.74) is 12.8. The zero-order valence-corrected chi connectivity index (χ0v) is 30.1. The van der Waals surface area contributed by atoms with Gasteiger partial charge in [-0.25, -0.2) is 0 Å². The second-order valence-corrected chi connectivity index (χ2v) is 16.5. The Balaban J connectivity index is 0.000000232. The van der Waals surface area contributed by atoms with Crippen LogP contribution in [-0.2, 0) is 20.1 Å². The van der Waals surface area contributed by atoms with Crippen LogP contribution in [0.3, 0.4) is 0 Å². The molecule has 0 aliphatic carbocycles. The van der Waals surface area contributed by atoms with Crippen molar-refractivity contribution in [2.75, 3.05) is 0 Å². The number of benzene rings is 5. The molecule has 1 radical (unpaired) electrons. The zero-order valence-electron chi connectivity index (χ0n) is 26.7. The van der Waals surface area contributed by atoms with Crippen LogP contribution in [0.5, 0.6) is 0 Å². The zero-order chi connectivity index (χ0) is 31.5. The largest absolute Gasteiger partial charge is 0.305 e. The summed E-state index contributed by atoms with van der Waals surface area (Å²) in [6.45, 7) is 6.93. The van der Waals surface area contributed by atoms with Crippen molar-refractivity contribution in [3.8, 4) is 55.9 Å². The van der Waals surface area contributed by atoms with Gasteiger partial charge in [0.2, 0.25) is 0 Å². The molecule has 0 N–H and O–H groups in total. The van der Waals surface area contributed by atoms with Gasteiger partial charge in [0.05, 0.1) is 0 Å². The minimum atomic E-state index is -1.66. The Morgan fingerprint density at radius 2 is 1.17 bits per heavy atom. The number of nitrogens with zero attached hydrogens (tertiary/aromatic N) is 2. The Morgan fingerprint density at radius 3 is 1.89 bits per heavy atom. The first-order chi connectivity index (χ1) is 22.5. The van der Waals surface area contributed by atoms with Crippen molar-refractivity contribution in [3.63, 3.8) is 0 Å². The Bertz CT molecular complexity index is 2120. The number of pyridine rings is 2. The standard InChI is InChI=1S/C31H24NSi.C12H10N.Ir/c1-33(2)30-12-4-3-10-27(30)28-18-17-25(21-31(28)33)23-15-13-22(14-16-23)24-8-7-9-26(20-24)29-11-5-6-19-32-29;1-10-6-5-9-12(13-10)11-7-3-2-4-8-11;/h3-8,10-21H,1-2H3;2-7,9H,1H3;/q2*-1;. The van der Waals surface area contributed by atoms with Crippen molar-refractivity contribution in [1.82, 2.24) is 9.97 Å². The molecule has 231 valence electrons. The fourth-order valence-electron chi connectivity index (χ4n) is 6.30. The van der Waals surface area contributed by atoms with Crippen molar-refractivity contribution in [2.45, 2.75) is 20.0 Å². The van der Waals surface area contributed by atoms with E-state index in [1.165, 1.54) is 33.4 Å². The van der Waals surface area contributed by atoms with Crippen LogP contribution in [0.1, 0.15) is 5.69 Å². The summed E-state index contributed by atoms with van der Waals surface area (Å²) in [4.78, 5) is 8.88. The summed E-state index contributed by atoms with van der Waals surface area (Å²) >= 11 is 0. The summed E-state index contributed by atoms with van der Waals surface area (Å²) in [5, 5.41) is 3.10. The minimum Gasteiger partial charge on any atom is -0.305 e. The summed E-state index contributed by atoms with van der Waals surface area (Å²) in [6, 6.07) is 57.5. The molecular weight excluding hydrogens is 765 g/mol. The summed E-state index contributed by atoms with van der Waals surface area (Å²) in [6.07, 6.45) is 1.82. The van der Waals surface area contributed by atoms with Crippen molar-refractivity contribution in [1.29, 1.82) is 0 Å². The molecule has 0 unspecified atom stereocenters. The van der Waals surface area contributed by atoms with Crippen LogP contribution in [-0.4, -0.2) is 18.0 Å². The van der Waals surface area contributed by atoms with Gasteiger partial charge in [-0.3, -0.25) is 0 Å². The van der Waals surface area contributed by atoms with E-state index in [9.17, 15) is 0 Å². The molecule has 4 heteroatoms. The third-order valence-electron chi connectivity index (χ3n) is 8.75. The molecule has 7 aromatic rings. The predicted octanol–water partition coefficient (Wildman–Crippen LogP) is 9.54. The number of aryl methyl sites for hydroxylation is 1. The predicted molar refractivity (Wildman–Crippen MR) is 195 cm³/mol. The molecule has 1 aliphatic rings. The maximum atomic E-state index is 4.46. The van der Waals surface area contributed by atoms with Crippen molar-refractivity contribution < 1.29 is 20.1 Å². The SMILES string of the molecule is C[Si]1(C)c2ccccc2-c2ccc(-c3ccc(-c4cc[c-]c(-c5ccccn5)c4)cc3)cc21.Cc1cccc(-c2[c-]cccc2)n1.[Ir]. The van der Waals surface area contributed by atoms with Crippen molar-refractivity contribution in [3.05, 3.63) is 170 Å². The summed E-state index contributed by atoms with van der Waals surface area (Å²) < 4.78 is 0. The maximum absolute atomic E-state index is 4.46. The minimum absolute atomic E-state index is 0. The molecule has 0 saturated heterocycles. The topological polar surface area (TPSA) is 25.8 Å². The first-order valence-corrected chi connectivity index (χ1v) is 18.7. The molecule has 0 amide bonds. The van der Waals surface area contributed by atoms with E-state index in [4.69, 9.17) is 0 Å². The van der Waals surface area contributed by atoms with Crippen molar-refractivity contribution in [2.24, 2.45) is 0 Å². The van der Waals surface area contributed by atoms with Crippen LogP contribution >= 0.6 is 0 Å². The first kappa shape index (κ1) is 32.2. The van der Waals surface area contributed by atoms with Gasteiger partial charge in [0, 0.05) is 32.0 Å². The summed E-state index contributed by atoms with van der Waals surface area (Å²) in [7, 11) is -1.66. The van der Waals surface area contributed by atoms with Gasteiger partial charge in [-0.15, -0.1) is 71.3 Å². The van der Waals surface area contributed by atoms with Gasteiger partial charge in [0.15, 0.2) is 0 Å². The van der Waals surface area contributed by atoms with Crippen LogP contribution in [0.2, 0.25) is 13.1 Å². The number of hydrogen-bond donors (Lipinski definition) is 0. The Morgan fingerprint density at radius 1 is 0.511 bits per heavy atom. The molecular formula is C43H34IrN2Si-2. The fourth-order valence-corrected chi connectivity index (χ4v) is 9.40. The van der Waals surface area contributed by atoms with Crippen LogP contribution in [0.4, 0.5) is 0 Å². The van der Waals surface area contributed by atoms with Gasteiger partial charge in [-0.05, 0) is 68.6 Å². The molecule has 8 rings (SSSR count). The maximum Gasteiger partial charge on any atom is 0.113 e. The van der Waals surface area contributed by atoms with Gasteiger partial charge in [0.1, 0.15) is 8.07 Å². The van der Waals surface area contributed by atoms with E-state index in [1.54, 1.807) is 10.4 Å².